The van der Waals surface area contributed by atoms with E-state index in [0.29, 0.717) is 24.7 Å². The zero-order chi connectivity index (χ0) is 37.2. The van der Waals surface area contributed by atoms with E-state index in [0.717, 1.165) is 61.7 Å². The van der Waals surface area contributed by atoms with Crippen molar-refractivity contribution >= 4 is 45.6 Å². The van der Waals surface area contributed by atoms with Crippen molar-refractivity contribution in [1.82, 2.24) is 45.4 Å². The Hall–Kier alpha value is -5.77. The van der Waals surface area contributed by atoms with Crippen LogP contribution >= 0.6 is 11.3 Å². The summed E-state index contributed by atoms with van der Waals surface area (Å²) in [6.45, 7) is 7.22. The topological polar surface area (TPSA) is 188 Å². The summed E-state index contributed by atoms with van der Waals surface area (Å²) in [5, 5.41) is 5.81. The second-order valence-corrected chi connectivity index (χ2v) is 13.2. The number of imidazole rings is 2. The second-order valence-electron chi connectivity index (χ2n) is 12.0. The molecule has 4 amide bonds. The number of methoxy groups -OCH3 is 2. The average Bonchev–Trinajstić information content (AvgIpc) is 3.92. The number of amides is 4. The van der Waals surface area contributed by atoms with E-state index < -0.39 is 12.2 Å². The Morgan fingerprint density at radius 1 is 0.731 bits per heavy atom. The smallest absolute Gasteiger partial charge is 0.407 e. The molecule has 274 valence electrons. The fraction of sp³-hybridized carbons (Fsp3) is 0.361. The number of aromatic nitrogens is 5. The lowest BCUT2D eigenvalue weighted by Crippen LogP contribution is -2.40. The number of alkyl carbamates (subject to hydrolysis) is 2. The van der Waals surface area contributed by atoms with Crippen LogP contribution in [-0.4, -0.2) is 99.1 Å². The molecule has 15 nitrogen and oxygen atoms in total. The number of hydrogen-bond donors (Lipinski definition) is 4. The fourth-order valence-corrected chi connectivity index (χ4v) is 6.68. The van der Waals surface area contributed by atoms with Crippen molar-refractivity contribution in [2.45, 2.75) is 46.7 Å². The summed E-state index contributed by atoms with van der Waals surface area (Å²) in [5.41, 5.74) is 6.41. The van der Waals surface area contributed by atoms with E-state index in [9.17, 15) is 19.2 Å². The molecule has 5 aromatic rings. The Morgan fingerprint density at radius 3 is 1.77 bits per heavy atom. The number of aromatic amines is 2. The van der Waals surface area contributed by atoms with Gasteiger partial charge in [-0.15, -0.1) is 11.3 Å². The Kier molecular flexibility index (Phi) is 12.6. The largest absolute Gasteiger partial charge is 0.453 e. The van der Waals surface area contributed by atoms with Crippen LogP contribution in [-0.2, 0) is 32.2 Å². The molecule has 0 atom stereocenters. The van der Waals surface area contributed by atoms with Crippen LogP contribution in [0.25, 0.3) is 43.9 Å². The third-order valence-corrected chi connectivity index (χ3v) is 9.22. The number of hydrogen-bond acceptors (Lipinski definition) is 10. The van der Waals surface area contributed by atoms with Crippen molar-refractivity contribution in [1.29, 1.82) is 0 Å². The Morgan fingerprint density at radius 2 is 1.23 bits per heavy atom. The van der Waals surface area contributed by atoms with Crippen LogP contribution in [0.4, 0.5) is 9.59 Å². The van der Waals surface area contributed by atoms with E-state index in [4.69, 9.17) is 4.98 Å². The van der Waals surface area contributed by atoms with Gasteiger partial charge in [0, 0.05) is 24.2 Å². The average molecular weight is 730 g/mol. The Bertz CT molecular complexity index is 2020. The van der Waals surface area contributed by atoms with Crippen molar-refractivity contribution in [2.75, 3.05) is 40.4 Å². The summed E-state index contributed by atoms with van der Waals surface area (Å²) >= 11 is 1.60. The third kappa shape index (κ3) is 9.11. The molecule has 0 bridgehead atoms. The minimum absolute atomic E-state index is 0.156. The quantitative estimate of drug-likeness (QED) is 0.112. The molecular weight excluding hydrogens is 687 g/mol. The predicted molar refractivity (Wildman–Crippen MR) is 197 cm³/mol. The van der Waals surface area contributed by atoms with Gasteiger partial charge in [-0.2, -0.15) is 0 Å². The number of benzene rings is 2. The van der Waals surface area contributed by atoms with Crippen molar-refractivity contribution < 1.29 is 28.7 Å². The zero-order valence-corrected chi connectivity index (χ0v) is 30.7. The van der Waals surface area contributed by atoms with Crippen LogP contribution in [0.2, 0.25) is 0 Å². The summed E-state index contributed by atoms with van der Waals surface area (Å²) in [6.07, 6.45) is 3.71. The van der Waals surface area contributed by atoms with Gasteiger partial charge in [-0.3, -0.25) is 9.59 Å². The van der Waals surface area contributed by atoms with Crippen molar-refractivity contribution in [2.24, 2.45) is 0 Å². The normalized spacial score (nSPS) is 10.9. The first kappa shape index (κ1) is 37.5. The summed E-state index contributed by atoms with van der Waals surface area (Å²) in [4.78, 5) is 72.4. The maximum absolute atomic E-state index is 12.8. The highest BCUT2D eigenvalue weighted by Crippen LogP contribution is 2.38. The lowest BCUT2D eigenvalue weighted by molar-refractivity contribution is -0.131. The number of thiazole rings is 1. The molecule has 2 aromatic carbocycles. The molecule has 0 unspecified atom stereocenters. The number of nitrogens with zero attached hydrogens (tertiary/aromatic N) is 5. The molecule has 5 rings (SSSR count). The van der Waals surface area contributed by atoms with Gasteiger partial charge >= 0.3 is 12.2 Å². The molecule has 3 heterocycles. The molecule has 4 N–H and O–H groups in total. The summed E-state index contributed by atoms with van der Waals surface area (Å²) in [5.74, 6) is 0.808. The number of ether oxygens (including phenoxy) is 2. The van der Waals surface area contributed by atoms with E-state index in [2.05, 4.69) is 52.2 Å². The summed E-state index contributed by atoms with van der Waals surface area (Å²) in [6, 6.07) is 12.2. The van der Waals surface area contributed by atoms with Crippen molar-refractivity contribution in [3.63, 3.8) is 0 Å². The summed E-state index contributed by atoms with van der Waals surface area (Å²) < 4.78 is 10.2. The third-order valence-electron chi connectivity index (χ3n) is 8.22. The van der Waals surface area contributed by atoms with Gasteiger partial charge < -0.3 is 39.9 Å². The second kappa shape index (κ2) is 17.4. The van der Waals surface area contributed by atoms with Crippen LogP contribution < -0.4 is 10.6 Å². The lowest BCUT2D eigenvalue weighted by Gasteiger charge is -2.21. The van der Waals surface area contributed by atoms with E-state index in [1.165, 1.54) is 14.2 Å². The van der Waals surface area contributed by atoms with Gasteiger partial charge in [0.25, 0.3) is 0 Å². The van der Waals surface area contributed by atoms with Gasteiger partial charge in [0.2, 0.25) is 11.8 Å². The Labute approximate surface area is 305 Å². The summed E-state index contributed by atoms with van der Waals surface area (Å²) in [7, 11) is 2.51. The lowest BCUT2D eigenvalue weighted by atomic mass is 9.99. The van der Waals surface area contributed by atoms with Crippen LogP contribution in [0.1, 0.15) is 43.3 Å². The molecule has 16 heteroatoms. The number of nitrogens with one attached hydrogen (secondary N) is 4. The van der Waals surface area contributed by atoms with Crippen molar-refractivity contribution in [3.8, 4) is 33.6 Å². The molecule has 0 aliphatic heterocycles. The van der Waals surface area contributed by atoms with E-state index in [-0.39, 0.29) is 38.0 Å². The Balaban J connectivity index is 1.31. The molecule has 0 aliphatic rings. The monoisotopic (exact) mass is 729 g/mol. The predicted octanol–water partition coefficient (Wildman–Crippen LogP) is 5.24. The van der Waals surface area contributed by atoms with E-state index in [1.54, 1.807) is 33.5 Å². The number of carbonyl (C=O) groups excluding carboxylic acids is 4. The molecule has 0 saturated carbocycles. The van der Waals surface area contributed by atoms with E-state index in [1.807, 2.05) is 45.0 Å². The van der Waals surface area contributed by atoms with Gasteiger partial charge in [0.05, 0.1) is 66.3 Å². The fourth-order valence-electron chi connectivity index (χ4n) is 5.71. The SMILES string of the molecule is CCCN(Cc1ncc(-c2ccc(-c3ccc(-c4cnc(CN(CCC)C(=O)CNC(=O)OC)[nH]4)c4sc(C)nc34)cc2)[nH]1)C(=O)CNC(=O)OC. The van der Waals surface area contributed by atoms with Crippen LogP contribution in [0.5, 0.6) is 0 Å². The highest BCUT2D eigenvalue weighted by molar-refractivity contribution is 7.19. The first-order valence-corrected chi connectivity index (χ1v) is 17.7. The minimum Gasteiger partial charge on any atom is -0.453 e. The maximum atomic E-state index is 12.8. The maximum Gasteiger partial charge on any atom is 0.407 e. The van der Waals surface area contributed by atoms with Crippen LogP contribution in [0, 0.1) is 6.92 Å². The number of rotatable bonds is 15. The molecule has 0 saturated heterocycles. The highest BCUT2D eigenvalue weighted by atomic mass is 32.1. The molecule has 0 fully saturated rings. The van der Waals surface area contributed by atoms with Gasteiger partial charge in [0.15, 0.2) is 0 Å². The highest BCUT2D eigenvalue weighted by Gasteiger charge is 2.20. The molecular formula is C36H43N9O6S. The number of carbonyl (C=O) groups is 4. The van der Waals surface area contributed by atoms with Gasteiger partial charge in [0.1, 0.15) is 24.7 Å². The molecule has 0 radical (unpaired) electrons. The minimum atomic E-state index is -0.658. The molecule has 0 spiro atoms. The first-order valence-electron chi connectivity index (χ1n) is 16.9. The van der Waals surface area contributed by atoms with E-state index >= 15 is 0 Å². The number of aryl methyl sites for hydroxylation is 1. The first-order chi connectivity index (χ1) is 25.1. The van der Waals surface area contributed by atoms with Crippen LogP contribution in [0.3, 0.4) is 0 Å². The van der Waals surface area contributed by atoms with Gasteiger partial charge in [-0.25, -0.2) is 24.5 Å². The molecule has 52 heavy (non-hydrogen) atoms. The standard InChI is InChI=1S/C36H43N9O6S/c1-6-14-44(31(46)18-39-35(48)50-4)20-29-37-16-27(42-29)24-10-8-23(9-11-24)25-12-13-26(34-33(25)41-22(3)52-34)28-17-38-30(43-28)21-45(15-7-2)32(47)19-40-36(49)51-5/h8-13,16-17H,6-7,14-15,18-21H2,1-5H3,(H,37,42)(H,38,43)(H,39,48)(H,40,49). The van der Waals surface area contributed by atoms with Crippen LogP contribution in [0.15, 0.2) is 48.8 Å². The van der Waals surface area contributed by atoms with Gasteiger partial charge in [-0.1, -0.05) is 50.2 Å². The zero-order valence-electron chi connectivity index (χ0n) is 29.9. The number of H-pyrrole nitrogens is 2. The molecule has 0 aliphatic carbocycles. The molecule has 3 aromatic heterocycles. The number of fused-ring (bicyclic) bond motifs is 1. The van der Waals surface area contributed by atoms with Crippen molar-refractivity contribution in [3.05, 3.63) is 65.4 Å². The van der Waals surface area contributed by atoms with Gasteiger partial charge in [-0.05, 0) is 30.9 Å².